The van der Waals surface area contributed by atoms with E-state index in [0.29, 0.717) is 5.69 Å². The molecule has 0 fully saturated rings. The summed E-state index contributed by atoms with van der Waals surface area (Å²) in [4.78, 5) is 13.2. The molecule has 9 heteroatoms. The van der Waals surface area contributed by atoms with Gasteiger partial charge in [-0.2, -0.15) is 0 Å². The largest absolute Gasteiger partial charge is 0.381 e. The average Bonchev–Trinajstić information content (AvgIpc) is 2.60. The number of hydrogen-bond acceptors (Lipinski definition) is 6. The zero-order valence-corrected chi connectivity index (χ0v) is 15.9. The molecule has 1 atom stereocenters. The fourth-order valence-corrected chi connectivity index (χ4v) is 3.90. The maximum Gasteiger partial charge on any atom is 0.274 e. The molecule has 26 heavy (non-hydrogen) atoms. The molecule has 0 aliphatic rings. The van der Waals surface area contributed by atoms with E-state index in [-0.39, 0.29) is 0 Å². The maximum absolute atomic E-state index is 12.0. The molecule has 0 aliphatic carbocycles. The van der Waals surface area contributed by atoms with Crippen LogP contribution in [0.5, 0.6) is 0 Å². The molecule has 3 N–H and O–H groups in total. The monoisotopic (exact) mass is 396 g/mol. The molecule has 0 heterocycles. The third-order valence-corrected chi connectivity index (χ3v) is 5.71. The van der Waals surface area contributed by atoms with Crippen molar-refractivity contribution >= 4 is 33.4 Å². The Bertz CT molecular complexity index is 852. The van der Waals surface area contributed by atoms with Crippen LogP contribution < -0.4 is 9.79 Å². The van der Waals surface area contributed by atoms with Crippen molar-refractivity contribution in [3.05, 3.63) is 54.1 Å². The number of anilines is 1. The van der Waals surface area contributed by atoms with Crippen molar-refractivity contribution in [3.63, 3.8) is 0 Å². The van der Waals surface area contributed by atoms with E-state index in [1.165, 1.54) is 22.8 Å². The highest BCUT2D eigenvalue weighted by atomic mass is 32.2. The Labute approximate surface area is 156 Å². The number of aliphatic hydroxyl groups excluding tert-OH is 1. The van der Waals surface area contributed by atoms with E-state index in [4.69, 9.17) is 5.21 Å². The van der Waals surface area contributed by atoms with Crippen molar-refractivity contribution in [2.75, 3.05) is 17.1 Å². The second kappa shape index (κ2) is 8.54. The summed E-state index contributed by atoms with van der Waals surface area (Å²) in [5.41, 5.74) is 2.78. The van der Waals surface area contributed by atoms with Crippen molar-refractivity contribution in [3.8, 4) is 0 Å². The molecule has 0 bridgehead atoms. The number of aryl methyl sites for hydroxylation is 1. The molecule has 0 aromatic heterocycles. The number of amides is 1. The molecular formula is C17H20N2O5S2. The molecule has 0 radical (unpaired) electrons. The highest BCUT2D eigenvalue weighted by molar-refractivity contribution is 7.99. The number of rotatable bonds is 7. The van der Waals surface area contributed by atoms with Gasteiger partial charge >= 0.3 is 0 Å². The lowest BCUT2D eigenvalue weighted by Crippen LogP contribution is -2.44. The van der Waals surface area contributed by atoms with Crippen molar-refractivity contribution in [2.24, 2.45) is 0 Å². The highest BCUT2D eigenvalue weighted by Crippen LogP contribution is 2.30. The van der Waals surface area contributed by atoms with Gasteiger partial charge in [0.25, 0.3) is 5.91 Å². The minimum absolute atomic E-state index is 0.311. The van der Waals surface area contributed by atoms with E-state index in [0.717, 1.165) is 20.4 Å². The number of nitrogens with one attached hydrogen (secondary N) is 1. The van der Waals surface area contributed by atoms with Gasteiger partial charge in [-0.3, -0.25) is 14.3 Å². The normalized spacial score (nSPS) is 12.5. The van der Waals surface area contributed by atoms with Crippen LogP contribution in [0.3, 0.4) is 0 Å². The van der Waals surface area contributed by atoms with E-state index in [1.54, 1.807) is 24.3 Å². The van der Waals surface area contributed by atoms with Crippen LogP contribution in [0.25, 0.3) is 0 Å². The first-order valence-electron chi connectivity index (χ1n) is 7.65. The summed E-state index contributed by atoms with van der Waals surface area (Å²) in [6.45, 7) is 1.50. The minimum Gasteiger partial charge on any atom is -0.381 e. The summed E-state index contributed by atoms with van der Waals surface area (Å²) < 4.78 is 24.9. The topological polar surface area (TPSA) is 107 Å². The van der Waals surface area contributed by atoms with Gasteiger partial charge < -0.3 is 5.11 Å². The molecule has 2 aromatic rings. The summed E-state index contributed by atoms with van der Waals surface area (Å²) >= 11 is 1.53. The standard InChI is InChI=1S/C17H20N2O5S2/c1-12-3-7-14(8-4-12)25-15-9-5-13(6-10-15)19(26(2,23)24)11-16(20)17(21)18-22/h3-10,16,20,22H,11H2,1-2H3,(H,18,21)/t16-/m0/s1. The Morgan fingerprint density at radius 2 is 1.62 bits per heavy atom. The number of carbonyl (C=O) groups excluding carboxylic acids is 1. The zero-order valence-electron chi connectivity index (χ0n) is 14.3. The molecule has 0 spiro atoms. The van der Waals surface area contributed by atoms with Crippen LogP contribution in [0.1, 0.15) is 5.56 Å². The molecule has 140 valence electrons. The first kappa shape index (κ1) is 20.2. The van der Waals surface area contributed by atoms with E-state index < -0.39 is 28.6 Å². The number of sulfonamides is 1. The number of carbonyl (C=O) groups is 1. The molecule has 0 saturated carbocycles. The quantitative estimate of drug-likeness (QED) is 0.486. The fourth-order valence-electron chi connectivity index (χ4n) is 2.17. The third kappa shape index (κ3) is 5.46. The number of aliphatic hydroxyl groups is 1. The van der Waals surface area contributed by atoms with Crippen LogP contribution in [-0.2, 0) is 14.8 Å². The van der Waals surface area contributed by atoms with Gasteiger partial charge in [-0.25, -0.2) is 13.9 Å². The minimum atomic E-state index is -3.73. The number of benzene rings is 2. The molecule has 7 nitrogen and oxygen atoms in total. The van der Waals surface area contributed by atoms with Crippen molar-refractivity contribution in [1.82, 2.24) is 5.48 Å². The SMILES string of the molecule is Cc1ccc(Sc2ccc(N(C[C@H](O)C(=O)NO)S(C)(=O)=O)cc2)cc1. The summed E-state index contributed by atoms with van der Waals surface area (Å²) in [6, 6.07) is 14.7. The molecule has 0 unspecified atom stereocenters. The lowest BCUT2D eigenvalue weighted by Gasteiger charge is -2.24. The molecule has 2 rings (SSSR count). The predicted molar refractivity (Wildman–Crippen MR) is 99.9 cm³/mol. The van der Waals surface area contributed by atoms with Gasteiger partial charge in [-0.15, -0.1) is 0 Å². The Morgan fingerprint density at radius 1 is 1.12 bits per heavy atom. The van der Waals surface area contributed by atoms with Crippen LogP contribution in [-0.4, -0.2) is 43.5 Å². The van der Waals surface area contributed by atoms with Crippen LogP contribution in [0.4, 0.5) is 5.69 Å². The van der Waals surface area contributed by atoms with Crippen molar-refractivity contribution < 1.29 is 23.5 Å². The lowest BCUT2D eigenvalue weighted by molar-refractivity contribution is -0.137. The van der Waals surface area contributed by atoms with Gasteiger partial charge in [0, 0.05) is 9.79 Å². The predicted octanol–water partition coefficient (Wildman–Crippen LogP) is 1.78. The van der Waals surface area contributed by atoms with Gasteiger partial charge in [-0.05, 0) is 43.3 Å². The van der Waals surface area contributed by atoms with Gasteiger partial charge in [0.15, 0.2) is 6.10 Å². The molecule has 2 aromatic carbocycles. The van der Waals surface area contributed by atoms with Gasteiger partial charge in [0.2, 0.25) is 10.0 Å². The van der Waals surface area contributed by atoms with Crippen molar-refractivity contribution in [1.29, 1.82) is 0 Å². The van der Waals surface area contributed by atoms with Crippen LogP contribution >= 0.6 is 11.8 Å². The molecule has 0 aliphatic heterocycles. The van der Waals surface area contributed by atoms with Gasteiger partial charge in [0.1, 0.15) is 0 Å². The summed E-state index contributed by atoms with van der Waals surface area (Å²) in [5, 5.41) is 18.3. The maximum atomic E-state index is 12.0. The Morgan fingerprint density at radius 3 is 2.08 bits per heavy atom. The molecule has 0 saturated heterocycles. The second-order valence-electron chi connectivity index (χ2n) is 5.69. The highest BCUT2D eigenvalue weighted by Gasteiger charge is 2.25. The van der Waals surface area contributed by atoms with Crippen LogP contribution in [0.15, 0.2) is 58.3 Å². The number of nitrogens with zero attached hydrogens (tertiary/aromatic N) is 1. The van der Waals surface area contributed by atoms with Crippen LogP contribution in [0, 0.1) is 6.92 Å². The second-order valence-corrected chi connectivity index (χ2v) is 8.75. The van der Waals surface area contributed by atoms with E-state index in [9.17, 15) is 18.3 Å². The Kier molecular flexibility index (Phi) is 6.65. The van der Waals surface area contributed by atoms with E-state index in [2.05, 4.69) is 0 Å². The van der Waals surface area contributed by atoms with Crippen LogP contribution in [0.2, 0.25) is 0 Å². The van der Waals surface area contributed by atoms with Gasteiger partial charge in [-0.1, -0.05) is 29.5 Å². The number of hydroxylamine groups is 1. The van der Waals surface area contributed by atoms with E-state index in [1.807, 2.05) is 31.2 Å². The summed E-state index contributed by atoms with van der Waals surface area (Å²) in [7, 11) is -3.73. The summed E-state index contributed by atoms with van der Waals surface area (Å²) in [5.74, 6) is -1.08. The molecule has 1 amide bonds. The summed E-state index contributed by atoms with van der Waals surface area (Å²) in [6.07, 6.45) is -0.720. The first-order valence-corrected chi connectivity index (χ1v) is 10.3. The average molecular weight is 396 g/mol. The smallest absolute Gasteiger partial charge is 0.274 e. The Hall–Kier alpha value is -2.07. The Balaban J connectivity index is 2.19. The third-order valence-electron chi connectivity index (χ3n) is 3.53. The van der Waals surface area contributed by atoms with Gasteiger partial charge in [0.05, 0.1) is 18.5 Å². The fraction of sp³-hybridized carbons (Fsp3) is 0.235. The lowest BCUT2D eigenvalue weighted by atomic mass is 10.2. The van der Waals surface area contributed by atoms with Crippen molar-refractivity contribution in [2.45, 2.75) is 22.8 Å². The van der Waals surface area contributed by atoms with E-state index >= 15 is 0 Å². The zero-order chi connectivity index (χ0) is 19.3. The number of hydrogen-bond donors (Lipinski definition) is 3. The molecular weight excluding hydrogens is 376 g/mol. The first-order chi connectivity index (χ1) is 12.2.